The van der Waals surface area contributed by atoms with Crippen molar-refractivity contribution in [3.05, 3.63) is 48.6 Å². The van der Waals surface area contributed by atoms with Crippen LogP contribution in [0.15, 0.2) is 48.6 Å². The Morgan fingerprint density at radius 1 is 0.491 bits per heavy atom. The van der Waals surface area contributed by atoms with Gasteiger partial charge in [-0.3, -0.25) is 18.6 Å². The Hall–Kier alpha value is -1.99. The summed E-state index contributed by atoms with van der Waals surface area (Å²) < 4.78 is 32.7. The molecule has 55 heavy (non-hydrogen) atoms. The highest BCUT2D eigenvalue weighted by Crippen LogP contribution is 2.43. The molecule has 8 nitrogen and oxygen atoms in total. The standard InChI is InChI=1S/C46H83O8P/c1-4-7-9-11-13-15-17-19-21-23-24-25-27-29-31-33-35-37-39-41-46(48)54-44(43-53-55(49,50)52-6-3)42-51-45(47)40-38-36-34-32-30-28-26-22-20-18-16-14-12-10-8-5-2/h13,15-16,18-19,21-22,26,44H,4-12,14,17,20,23-25,27-43H2,1-3H3,(H,49,50)/b15-13-,18-16-,21-19-,26-22-. The van der Waals surface area contributed by atoms with E-state index in [2.05, 4.69) is 62.5 Å². The normalized spacial score (nSPS) is 13.7. The van der Waals surface area contributed by atoms with E-state index >= 15 is 0 Å². The summed E-state index contributed by atoms with van der Waals surface area (Å²) in [6, 6.07) is 0. The van der Waals surface area contributed by atoms with Crippen molar-refractivity contribution >= 4 is 19.8 Å². The lowest BCUT2D eigenvalue weighted by molar-refractivity contribution is -0.161. The quantitative estimate of drug-likeness (QED) is 0.0282. The second-order valence-electron chi connectivity index (χ2n) is 14.7. The summed E-state index contributed by atoms with van der Waals surface area (Å²) in [6.45, 7) is 5.42. The summed E-state index contributed by atoms with van der Waals surface area (Å²) in [6.07, 6.45) is 48.7. The molecule has 1 N–H and O–H groups in total. The molecule has 320 valence electrons. The van der Waals surface area contributed by atoms with Gasteiger partial charge in [0.25, 0.3) is 0 Å². The maximum Gasteiger partial charge on any atom is 0.472 e. The Kier molecular flexibility index (Phi) is 40.1. The molecule has 0 rings (SSSR count). The van der Waals surface area contributed by atoms with Gasteiger partial charge in [-0.25, -0.2) is 4.57 Å². The van der Waals surface area contributed by atoms with Gasteiger partial charge in [-0.1, -0.05) is 159 Å². The molecule has 2 unspecified atom stereocenters. The van der Waals surface area contributed by atoms with Crippen molar-refractivity contribution in [2.24, 2.45) is 0 Å². The first-order valence-corrected chi connectivity index (χ1v) is 23.9. The van der Waals surface area contributed by atoms with Crippen LogP contribution >= 0.6 is 7.82 Å². The van der Waals surface area contributed by atoms with Crippen molar-refractivity contribution in [3.63, 3.8) is 0 Å². The lowest BCUT2D eigenvalue weighted by Gasteiger charge is -2.19. The Morgan fingerprint density at radius 3 is 1.33 bits per heavy atom. The maximum atomic E-state index is 12.6. The van der Waals surface area contributed by atoms with Gasteiger partial charge < -0.3 is 14.4 Å². The number of carbonyl (C=O) groups excluding carboxylic acids is 2. The largest absolute Gasteiger partial charge is 0.472 e. The average molecular weight is 795 g/mol. The third kappa shape index (κ3) is 41.5. The van der Waals surface area contributed by atoms with Gasteiger partial charge in [0.2, 0.25) is 0 Å². The van der Waals surface area contributed by atoms with Crippen LogP contribution in [0.1, 0.15) is 207 Å². The van der Waals surface area contributed by atoms with Gasteiger partial charge in [0.15, 0.2) is 6.10 Å². The van der Waals surface area contributed by atoms with Gasteiger partial charge in [-0.15, -0.1) is 0 Å². The molecule has 0 fully saturated rings. The minimum Gasteiger partial charge on any atom is -0.462 e. The number of phosphoric ester groups is 1. The molecule has 0 bridgehead atoms. The topological polar surface area (TPSA) is 108 Å². The molecule has 9 heteroatoms. The van der Waals surface area contributed by atoms with Crippen LogP contribution in [0.25, 0.3) is 0 Å². The van der Waals surface area contributed by atoms with Crippen LogP contribution in [-0.4, -0.2) is 42.8 Å². The van der Waals surface area contributed by atoms with Gasteiger partial charge in [-0.05, 0) is 84.0 Å². The highest BCUT2D eigenvalue weighted by molar-refractivity contribution is 7.47. The number of phosphoric acid groups is 1. The SMILES string of the molecule is CCCCC/C=C\C/C=C\CCCCCCCCCCCC(=O)OC(COC(=O)CCCCCCC/C=C\C/C=C\CCCCCC)COP(=O)(O)OCC. The van der Waals surface area contributed by atoms with Crippen LogP contribution in [0.3, 0.4) is 0 Å². The van der Waals surface area contributed by atoms with Crippen molar-refractivity contribution < 1.29 is 37.6 Å². The van der Waals surface area contributed by atoms with E-state index in [9.17, 15) is 19.0 Å². The molecule has 0 aromatic rings. The molecular weight excluding hydrogens is 711 g/mol. The molecule has 0 aromatic carbocycles. The number of carbonyl (C=O) groups is 2. The van der Waals surface area contributed by atoms with Crippen LogP contribution in [0.4, 0.5) is 0 Å². The first kappa shape index (κ1) is 53.0. The summed E-state index contributed by atoms with van der Waals surface area (Å²) in [5.41, 5.74) is 0. The lowest BCUT2D eigenvalue weighted by Crippen LogP contribution is -2.29. The molecule has 2 atom stereocenters. The Morgan fingerprint density at radius 2 is 0.873 bits per heavy atom. The number of ether oxygens (including phenoxy) is 2. The van der Waals surface area contributed by atoms with Crippen molar-refractivity contribution in [3.8, 4) is 0 Å². The number of allylic oxidation sites excluding steroid dienone is 8. The number of esters is 2. The van der Waals surface area contributed by atoms with Gasteiger partial charge in [0.05, 0.1) is 13.2 Å². The summed E-state index contributed by atoms with van der Waals surface area (Å²) in [4.78, 5) is 34.8. The summed E-state index contributed by atoms with van der Waals surface area (Å²) in [5.74, 6) is -0.817. The Balaban J connectivity index is 4.09. The first-order chi connectivity index (χ1) is 26.8. The third-order valence-electron chi connectivity index (χ3n) is 9.36. The molecule has 0 heterocycles. The second-order valence-corrected chi connectivity index (χ2v) is 16.2. The van der Waals surface area contributed by atoms with Crippen molar-refractivity contribution in [1.82, 2.24) is 0 Å². The Labute approximate surface area is 338 Å². The number of hydrogen-bond donors (Lipinski definition) is 1. The van der Waals surface area contributed by atoms with Gasteiger partial charge in [0, 0.05) is 12.8 Å². The van der Waals surface area contributed by atoms with E-state index in [0.29, 0.717) is 6.42 Å². The monoisotopic (exact) mass is 795 g/mol. The van der Waals surface area contributed by atoms with E-state index in [4.69, 9.17) is 18.5 Å². The van der Waals surface area contributed by atoms with Crippen LogP contribution in [0.2, 0.25) is 0 Å². The van der Waals surface area contributed by atoms with Crippen molar-refractivity contribution in [1.29, 1.82) is 0 Å². The molecule has 0 amide bonds. The fraction of sp³-hybridized carbons (Fsp3) is 0.783. The minimum atomic E-state index is -4.29. The lowest BCUT2D eigenvalue weighted by atomic mass is 10.1. The Bertz CT molecular complexity index is 1040. The average Bonchev–Trinajstić information content (AvgIpc) is 3.16. The molecule has 0 saturated heterocycles. The van der Waals surface area contributed by atoms with E-state index < -0.39 is 26.5 Å². The van der Waals surface area contributed by atoms with Crippen LogP contribution in [-0.2, 0) is 32.7 Å². The third-order valence-corrected chi connectivity index (χ3v) is 10.4. The van der Waals surface area contributed by atoms with E-state index in [-0.39, 0.29) is 32.0 Å². The van der Waals surface area contributed by atoms with Gasteiger partial charge >= 0.3 is 19.8 Å². The smallest absolute Gasteiger partial charge is 0.462 e. The molecule has 0 saturated carbocycles. The fourth-order valence-corrected chi connectivity index (χ4v) is 6.80. The molecule has 0 aliphatic heterocycles. The maximum absolute atomic E-state index is 12.6. The highest BCUT2D eigenvalue weighted by Gasteiger charge is 2.25. The van der Waals surface area contributed by atoms with Gasteiger partial charge in [-0.2, -0.15) is 0 Å². The molecule has 0 aliphatic rings. The highest BCUT2D eigenvalue weighted by atomic mass is 31.2. The summed E-state index contributed by atoms with van der Waals surface area (Å²) in [7, 11) is -4.29. The molecule has 0 aromatic heterocycles. The van der Waals surface area contributed by atoms with E-state index in [0.717, 1.165) is 77.0 Å². The van der Waals surface area contributed by atoms with Crippen molar-refractivity contribution in [2.45, 2.75) is 213 Å². The number of rotatable bonds is 41. The zero-order chi connectivity index (χ0) is 40.3. The minimum absolute atomic E-state index is 0.00397. The molecule has 0 aliphatic carbocycles. The zero-order valence-electron chi connectivity index (χ0n) is 35.6. The van der Waals surface area contributed by atoms with E-state index in [1.54, 1.807) is 6.92 Å². The van der Waals surface area contributed by atoms with E-state index in [1.165, 1.54) is 89.9 Å². The fourth-order valence-electron chi connectivity index (χ4n) is 6.04. The predicted octanol–water partition coefficient (Wildman–Crippen LogP) is 14.2. The van der Waals surface area contributed by atoms with Crippen LogP contribution in [0, 0.1) is 0 Å². The zero-order valence-corrected chi connectivity index (χ0v) is 36.5. The van der Waals surface area contributed by atoms with Crippen LogP contribution in [0.5, 0.6) is 0 Å². The number of unbranched alkanes of at least 4 members (excludes halogenated alkanes) is 21. The van der Waals surface area contributed by atoms with Crippen LogP contribution < -0.4 is 0 Å². The van der Waals surface area contributed by atoms with E-state index in [1.807, 2.05) is 0 Å². The molecule has 0 spiro atoms. The van der Waals surface area contributed by atoms with Crippen molar-refractivity contribution in [2.75, 3.05) is 19.8 Å². The molecular formula is C46H83O8P. The van der Waals surface area contributed by atoms with Gasteiger partial charge in [0.1, 0.15) is 6.61 Å². The second kappa shape index (κ2) is 41.6. The summed E-state index contributed by atoms with van der Waals surface area (Å²) >= 11 is 0. The first-order valence-electron chi connectivity index (χ1n) is 22.4. The predicted molar refractivity (Wildman–Crippen MR) is 230 cm³/mol. The number of hydrogen-bond acceptors (Lipinski definition) is 7. The molecule has 0 radical (unpaired) electrons. The summed E-state index contributed by atoms with van der Waals surface area (Å²) in [5, 5.41) is 0.